The lowest BCUT2D eigenvalue weighted by molar-refractivity contribution is -0.133. The maximum Gasteiger partial charge on any atom is 0.242 e. The van der Waals surface area contributed by atoms with Crippen LogP contribution in [0.2, 0.25) is 0 Å². The summed E-state index contributed by atoms with van der Waals surface area (Å²) in [6.07, 6.45) is 7.03. The summed E-state index contributed by atoms with van der Waals surface area (Å²) < 4.78 is 41.4. The molecule has 0 bridgehead atoms. The van der Waals surface area contributed by atoms with Crippen LogP contribution in [0.15, 0.2) is 64.5 Å². The summed E-state index contributed by atoms with van der Waals surface area (Å²) in [6.45, 7) is 0.0758. The van der Waals surface area contributed by atoms with E-state index >= 15 is 0 Å². The lowest BCUT2D eigenvalue weighted by Crippen LogP contribution is -2.40. The number of likely N-dealkylation sites (N-methyl/N-ethyl adjacent to an activating group) is 1. The van der Waals surface area contributed by atoms with Gasteiger partial charge in [0.05, 0.1) is 9.79 Å². The van der Waals surface area contributed by atoms with E-state index in [4.69, 9.17) is 0 Å². The fourth-order valence-corrected chi connectivity index (χ4v) is 5.70. The van der Waals surface area contributed by atoms with E-state index in [0.29, 0.717) is 10.9 Å². The molecule has 0 radical (unpaired) electrons. The van der Waals surface area contributed by atoms with Gasteiger partial charge in [-0.05, 0) is 43.2 Å². The molecule has 1 amide bonds. The van der Waals surface area contributed by atoms with Crippen LogP contribution in [-0.4, -0.2) is 36.9 Å². The molecular weight excluding hydrogens is 403 g/mol. The maximum absolute atomic E-state index is 13.3. The van der Waals surface area contributed by atoms with Crippen LogP contribution < -0.4 is 0 Å². The van der Waals surface area contributed by atoms with Crippen LogP contribution in [0.4, 0.5) is 4.39 Å². The van der Waals surface area contributed by atoms with Crippen LogP contribution in [0.5, 0.6) is 0 Å². The second-order valence-corrected chi connectivity index (χ2v) is 9.81. The van der Waals surface area contributed by atoms with Crippen LogP contribution >= 0.6 is 0 Å². The topological polar surface area (TPSA) is 59.4 Å². The maximum atomic E-state index is 13.3. The van der Waals surface area contributed by atoms with Gasteiger partial charge in [0.2, 0.25) is 15.7 Å². The molecule has 158 valence electrons. The van der Waals surface area contributed by atoms with Crippen molar-refractivity contribution in [2.45, 2.75) is 54.5 Å². The SMILES string of the molecule is CN(C(=O)Cn1cc(S(=O)(=O)c2ccc(F)cc2)c2ccccc21)C1CCCCC1. The number of para-hydroxylation sites is 1. The standard InChI is InChI=1S/C23H25FN2O3S/c1-25(18-7-3-2-4-8-18)23(27)16-26-15-22(20-9-5-6-10-21(20)26)30(28,29)19-13-11-17(24)12-14-19/h5-6,9-15,18H,2-4,7-8,16H2,1H3. The van der Waals surface area contributed by atoms with E-state index in [1.165, 1.54) is 24.8 Å². The molecule has 5 nitrogen and oxygen atoms in total. The highest BCUT2D eigenvalue weighted by atomic mass is 32.2. The number of carbonyl (C=O) groups excluding carboxylic acids is 1. The zero-order valence-corrected chi connectivity index (χ0v) is 17.7. The van der Waals surface area contributed by atoms with Gasteiger partial charge in [-0.2, -0.15) is 0 Å². The average molecular weight is 429 g/mol. The number of benzene rings is 2. The summed E-state index contributed by atoms with van der Waals surface area (Å²) >= 11 is 0. The number of fused-ring (bicyclic) bond motifs is 1. The van der Waals surface area contributed by atoms with E-state index in [1.54, 1.807) is 16.7 Å². The van der Waals surface area contributed by atoms with Gasteiger partial charge in [0.1, 0.15) is 12.4 Å². The van der Waals surface area contributed by atoms with Gasteiger partial charge in [-0.25, -0.2) is 12.8 Å². The normalized spacial score (nSPS) is 15.4. The second-order valence-electron chi connectivity index (χ2n) is 7.89. The van der Waals surface area contributed by atoms with E-state index in [1.807, 2.05) is 24.1 Å². The van der Waals surface area contributed by atoms with Crippen molar-refractivity contribution in [2.24, 2.45) is 0 Å². The largest absolute Gasteiger partial charge is 0.341 e. The Labute approximate surface area is 176 Å². The number of halogens is 1. The molecule has 0 spiro atoms. The van der Waals surface area contributed by atoms with Crippen LogP contribution in [0, 0.1) is 5.82 Å². The quantitative estimate of drug-likeness (QED) is 0.566. The summed E-state index contributed by atoms with van der Waals surface area (Å²) in [6, 6.07) is 12.2. The van der Waals surface area contributed by atoms with Gasteiger partial charge in [0, 0.05) is 30.2 Å². The third kappa shape index (κ3) is 3.86. The van der Waals surface area contributed by atoms with E-state index in [-0.39, 0.29) is 28.3 Å². The highest BCUT2D eigenvalue weighted by Crippen LogP contribution is 2.30. The Balaban J connectivity index is 1.69. The van der Waals surface area contributed by atoms with E-state index in [9.17, 15) is 17.6 Å². The number of hydrogen-bond acceptors (Lipinski definition) is 3. The summed E-state index contributed by atoms with van der Waals surface area (Å²) in [5, 5.41) is 0.551. The lowest BCUT2D eigenvalue weighted by Gasteiger charge is -2.31. The molecule has 1 heterocycles. The van der Waals surface area contributed by atoms with Gasteiger partial charge in [0.25, 0.3) is 0 Å². The first kappa shape index (κ1) is 20.6. The van der Waals surface area contributed by atoms with Gasteiger partial charge in [0.15, 0.2) is 0 Å². The molecule has 2 aromatic carbocycles. The van der Waals surface area contributed by atoms with Crippen LogP contribution in [0.1, 0.15) is 32.1 Å². The van der Waals surface area contributed by atoms with Gasteiger partial charge < -0.3 is 9.47 Å². The van der Waals surface area contributed by atoms with Crippen LogP contribution in [-0.2, 0) is 21.2 Å². The lowest BCUT2D eigenvalue weighted by atomic mass is 9.94. The van der Waals surface area contributed by atoms with E-state index < -0.39 is 15.7 Å². The number of rotatable bonds is 5. The Morgan fingerprint density at radius 3 is 2.43 bits per heavy atom. The average Bonchev–Trinajstić information content (AvgIpc) is 3.13. The highest BCUT2D eigenvalue weighted by Gasteiger charge is 2.26. The zero-order chi connectivity index (χ0) is 21.3. The van der Waals surface area contributed by atoms with Crippen molar-refractivity contribution in [3.05, 3.63) is 60.5 Å². The van der Waals surface area contributed by atoms with Gasteiger partial charge in [-0.3, -0.25) is 4.79 Å². The molecule has 0 N–H and O–H groups in total. The van der Waals surface area contributed by atoms with Crippen molar-refractivity contribution < 1.29 is 17.6 Å². The molecule has 1 aliphatic rings. The number of carbonyl (C=O) groups is 1. The monoisotopic (exact) mass is 428 g/mol. The number of amides is 1. The third-order valence-corrected chi connectivity index (χ3v) is 7.78. The molecule has 0 atom stereocenters. The molecule has 1 saturated carbocycles. The molecule has 3 aromatic rings. The van der Waals surface area contributed by atoms with Crippen LogP contribution in [0.3, 0.4) is 0 Å². The molecule has 1 fully saturated rings. The molecule has 0 unspecified atom stereocenters. The van der Waals surface area contributed by atoms with Crippen molar-refractivity contribution in [1.29, 1.82) is 0 Å². The number of sulfone groups is 1. The molecule has 1 aliphatic carbocycles. The van der Waals surface area contributed by atoms with Crippen molar-refractivity contribution in [2.75, 3.05) is 7.05 Å². The Hall–Kier alpha value is -2.67. The Morgan fingerprint density at radius 1 is 1.07 bits per heavy atom. The Morgan fingerprint density at radius 2 is 1.73 bits per heavy atom. The van der Waals surface area contributed by atoms with Gasteiger partial charge >= 0.3 is 0 Å². The minimum absolute atomic E-state index is 0.0254. The molecule has 4 rings (SSSR count). The number of nitrogens with zero attached hydrogens (tertiary/aromatic N) is 2. The summed E-state index contributed by atoms with van der Waals surface area (Å²) in [7, 11) is -2.02. The molecule has 0 saturated heterocycles. The summed E-state index contributed by atoms with van der Waals surface area (Å²) in [5.74, 6) is -0.527. The smallest absolute Gasteiger partial charge is 0.242 e. The van der Waals surface area contributed by atoms with Crippen molar-refractivity contribution in [1.82, 2.24) is 9.47 Å². The van der Waals surface area contributed by atoms with Gasteiger partial charge in [-0.1, -0.05) is 37.5 Å². The fourth-order valence-electron chi connectivity index (χ4n) is 4.23. The molecule has 0 aliphatic heterocycles. The van der Waals surface area contributed by atoms with Crippen molar-refractivity contribution in [3.63, 3.8) is 0 Å². The predicted molar refractivity (Wildman–Crippen MR) is 113 cm³/mol. The highest BCUT2D eigenvalue weighted by molar-refractivity contribution is 7.91. The first-order chi connectivity index (χ1) is 14.4. The fraction of sp³-hybridized carbons (Fsp3) is 0.348. The molecule has 30 heavy (non-hydrogen) atoms. The predicted octanol–water partition coefficient (Wildman–Crippen LogP) is 4.40. The van der Waals surface area contributed by atoms with Crippen molar-refractivity contribution in [3.8, 4) is 0 Å². The molecular formula is C23H25FN2O3S. The minimum atomic E-state index is -3.85. The minimum Gasteiger partial charge on any atom is -0.341 e. The zero-order valence-electron chi connectivity index (χ0n) is 16.9. The second kappa shape index (κ2) is 8.22. The van der Waals surface area contributed by atoms with Crippen molar-refractivity contribution >= 4 is 26.6 Å². The third-order valence-electron chi connectivity index (χ3n) is 5.99. The summed E-state index contributed by atoms with van der Waals surface area (Å²) in [5.41, 5.74) is 0.684. The Kier molecular flexibility index (Phi) is 5.64. The Bertz CT molecular complexity index is 1160. The number of hydrogen-bond donors (Lipinski definition) is 0. The molecule has 7 heteroatoms. The molecule has 1 aromatic heterocycles. The first-order valence-corrected chi connectivity index (χ1v) is 11.7. The van der Waals surface area contributed by atoms with E-state index in [2.05, 4.69) is 0 Å². The van der Waals surface area contributed by atoms with E-state index in [0.717, 1.165) is 37.8 Å². The summed E-state index contributed by atoms with van der Waals surface area (Å²) in [4.78, 5) is 14.9. The first-order valence-electron chi connectivity index (χ1n) is 10.2. The van der Waals surface area contributed by atoms with Gasteiger partial charge in [-0.15, -0.1) is 0 Å². The number of aromatic nitrogens is 1. The van der Waals surface area contributed by atoms with Crippen LogP contribution in [0.25, 0.3) is 10.9 Å².